The van der Waals surface area contributed by atoms with Crippen LogP contribution in [0.15, 0.2) is 18.2 Å². The number of carbonyl (C=O) groups is 1. The van der Waals surface area contributed by atoms with Crippen molar-refractivity contribution in [1.82, 2.24) is 0 Å². The lowest BCUT2D eigenvalue weighted by atomic mass is 10.1. The van der Waals surface area contributed by atoms with E-state index >= 15 is 0 Å². The highest BCUT2D eigenvalue weighted by molar-refractivity contribution is 6.32. The van der Waals surface area contributed by atoms with E-state index in [1.807, 2.05) is 6.07 Å². The fourth-order valence-electron chi connectivity index (χ4n) is 2.07. The zero-order valence-corrected chi connectivity index (χ0v) is 12.0. The van der Waals surface area contributed by atoms with Crippen LogP contribution in [-0.2, 0) is 9.53 Å². The molecular formula is C14H17ClN2O3. The molecule has 1 amide bonds. The number of amides is 1. The first kappa shape index (κ1) is 14.7. The van der Waals surface area contributed by atoms with Gasteiger partial charge in [0.05, 0.1) is 31.0 Å². The fraction of sp³-hybridized carbons (Fsp3) is 0.357. The molecule has 0 radical (unpaired) electrons. The van der Waals surface area contributed by atoms with Gasteiger partial charge in [0.1, 0.15) is 5.75 Å². The molecule has 1 aliphatic rings. The Kier molecular flexibility index (Phi) is 4.87. The number of ether oxygens (including phenoxy) is 2. The Bertz CT molecular complexity index is 525. The van der Waals surface area contributed by atoms with Crippen molar-refractivity contribution in [3.05, 3.63) is 28.8 Å². The van der Waals surface area contributed by atoms with Crippen molar-refractivity contribution in [3.63, 3.8) is 0 Å². The second-order valence-electron chi connectivity index (χ2n) is 4.38. The summed E-state index contributed by atoms with van der Waals surface area (Å²) in [5.41, 5.74) is 6.71. The highest BCUT2D eigenvalue weighted by atomic mass is 35.5. The molecule has 1 fully saturated rings. The van der Waals surface area contributed by atoms with Crippen LogP contribution in [0.5, 0.6) is 5.75 Å². The van der Waals surface area contributed by atoms with Gasteiger partial charge in [-0.25, -0.2) is 0 Å². The number of hydrogen-bond donors (Lipinski definition) is 1. The smallest absolute Gasteiger partial charge is 0.241 e. The topological polar surface area (TPSA) is 64.8 Å². The van der Waals surface area contributed by atoms with Crippen molar-refractivity contribution in [1.29, 1.82) is 0 Å². The maximum absolute atomic E-state index is 10.8. The second-order valence-corrected chi connectivity index (χ2v) is 4.79. The van der Waals surface area contributed by atoms with Gasteiger partial charge in [0, 0.05) is 19.2 Å². The molecule has 1 aliphatic heterocycles. The van der Waals surface area contributed by atoms with Crippen LogP contribution in [0.25, 0.3) is 6.08 Å². The standard InChI is InChI=1S/C14H17ClN2O3/c1-19-13-8-10(2-3-14(16)18)11(15)9-12(13)17-4-6-20-7-5-17/h2-3,8-9H,4-7H2,1H3,(H2,16,18)/b3-2-. The van der Waals surface area contributed by atoms with Crippen LogP contribution < -0.4 is 15.4 Å². The first-order valence-corrected chi connectivity index (χ1v) is 6.67. The van der Waals surface area contributed by atoms with E-state index in [4.69, 9.17) is 26.8 Å². The molecule has 6 heteroatoms. The quantitative estimate of drug-likeness (QED) is 0.859. The van der Waals surface area contributed by atoms with E-state index in [-0.39, 0.29) is 0 Å². The zero-order chi connectivity index (χ0) is 14.5. The average molecular weight is 297 g/mol. The molecule has 1 saturated heterocycles. The van der Waals surface area contributed by atoms with Crippen molar-refractivity contribution in [3.8, 4) is 5.75 Å². The summed E-state index contributed by atoms with van der Waals surface area (Å²) in [5, 5.41) is 0.546. The van der Waals surface area contributed by atoms with E-state index in [2.05, 4.69) is 4.90 Å². The molecule has 1 aromatic rings. The van der Waals surface area contributed by atoms with Crippen LogP contribution in [0.4, 0.5) is 5.69 Å². The van der Waals surface area contributed by atoms with E-state index < -0.39 is 5.91 Å². The number of carbonyl (C=O) groups excluding carboxylic acids is 1. The number of nitrogens with zero attached hydrogens (tertiary/aromatic N) is 1. The van der Waals surface area contributed by atoms with Gasteiger partial charge in [-0.15, -0.1) is 0 Å². The molecule has 1 aromatic carbocycles. The van der Waals surface area contributed by atoms with Crippen molar-refractivity contribution >= 4 is 29.3 Å². The molecule has 0 spiro atoms. The molecule has 0 saturated carbocycles. The SMILES string of the molecule is COc1cc(/C=C\C(N)=O)c(Cl)cc1N1CCOCC1. The van der Waals surface area contributed by atoms with Gasteiger partial charge >= 0.3 is 0 Å². The van der Waals surface area contributed by atoms with Crippen LogP contribution in [0.1, 0.15) is 5.56 Å². The molecule has 1 heterocycles. The number of primary amides is 1. The average Bonchev–Trinajstić information content (AvgIpc) is 2.46. The summed E-state index contributed by atoms with van der Waals surface area (Å²) in [6.45, 7) is 2.96. The van der Waals surface area contributed by atoms with E-state index in [9.17, 15) is 4.79 Å². The molecule has 0 aliphatic carbocycles. The number of benzene rings is 1. The minimum absolute atomic E-state index is 0.516. The Balaban J connectivity index is 2.34. The zero-order valence-electron chi connectivity index (χ0n) is 11.3. The molecule has 108 valence electrons. The summed E-state index contributed by atoms with van der Waals surface area (Å²) < 4.78 is 10.7. The second kappa shape index (κ2) is 6.63. The highest BCUT2D eigenvalue weighted by Crippen LogP contribution is 2.35. The minimum Gasteiger partial charge on any atom is -0.495 e. The molecule has 2 rings (SSSR count). The number of rotatable bonds is 4. The summed E-state index contributed by atoms with van der Waals surface area (Å²) in [6, 6.07) is 3.64. The molecule has 0 bridgehead atoms. The molecule has 0 atom stereocenters. The highest BCUT2D eigenvalue weighted by Gasteiger charge is 2.17. The van der Waals surface area contributed by atoms with E-state index in [0.29, 0.717) is 29.5 Å². The Morgan fingerprint density at radius 2 is 2.15 bits per heavy atom. The van der Waals surface area contributed by atoms with E-state index in [1.54, 1.807) is 19.3 Å². The number of anilines is 1. The van der Waals surface area contributed by atoms with Crippen molar-refractivity contribution in [2.75, 3.05) is 38.3 Å². The van der Waals surface area contributed by atoms with Gasteiger partial charge in [0.25, 0.3) is 0 Å². The van der Waals surface area contributed by atoms with Gasteiger partial charge in [0.2, 0.25) is 5.91 Å². The van der Waals surface area contributed by atoms with Gasteiger partial charge in [0.15, 0.2) is 0 Å². The molecule has 0 aromatic heterocycles. The molecule has 20 heavy (non-hydrogen) atoms. The monoisotopic (exact) mass is 296 g/mol. The normalized spacial score (nSPS) is 15.6. The Labute approximate surface area is 122 Å². The molecule has 0 unspecified atom stereocenters. The van der Waals surface area contributed by atoms with Crippen LogP contribution in [0.2, 0.25) is 5.02 Å². The summed E-state index contributed by atoms with van der Waals surface area (Å²) >= 11 is 6.24. The Hall–Kier alpha value is -1.72. The maximum atomic E-state index is 10.8. The van der Waals surface area contributed by atoms with Gasteiger partial charge in [-0.3, -0.25) is 4.79 Å². The van der Waals surface area contributed by atoms with Crippen LogP contribution in [-0.4, -0.2) is 39.3 Å². The molecule has 2 N–H and O–H groups in total. The number of halogens is 1. The lowest BCUT2D eigenvalue weighted by Crippen LogP contribution is -2.36. The third-order valence-corrected chi connectivity index (χ3v) is 3.40. The summed E-state index contributed by atoms with van der Waals surface area (Å²) in [6.07, 6.45) is 2.85. The summed E-state index contributed by atoms with van der Waals surface area (Å²) in [4.78, 5) is 13.0. The lowest BCUT2D eigenvalue weighted by molar-refractivity contribution is -0.113. The Morgan fingerprint density at radius 3 is 2.75 bits per heavy atom. The number of nitrogens with two attached hydrogens (primary N) is 1. The van der Waals surface area contributed by atoms with Crippen molar-refractivity contribution in [2.24, 2.45) is 5.73 Å². The predicted molar refractivity (Wildman–Crippen MR) is 79.3 cm³/mol. The first-order valence-electron chi connectivity index (χ1n) is 6.29. The van der Waals surface area contributed by atoms with Crippen LogP contribution in [0.3, 0.4) is 0 Å². The van der Waals surface area contributed by atoms with Gasteiger partial charge in [-0.1, -0.05) is 11.6 Å². The summed E-state index contributed by atoms with van der Waals surface area (Å²) in [5.74, 6) is 0.192. The van der Waals surface area contributed by atoms with Crippen LogP contribution in [0, 0.1) is 0 Å². The van der Waals surface area contributed by atoms with Crippen molar-refractivity contribution < 1.29 is 14.3 Å². The lowest BCUT2D eigenvalue weighted by Gasteiger charge is -2.30. The van der Waals surface area contributed by atoms with Crippen LogP contribution >= 0.6 is 11.6 Å². The molecular weight excluding hydrogens is 280 g/mol. The maximum Gasteiger partial charge on any atom is 0.241 e. The van der Waals surface area contributed by atoms with Gasteiger partial charge in [-0.2, -0.15) is 0 Å². The number of methoxy groups -OCH3 is 1. The minimum atomic E-state index is -0.516. The van der Waals surface area contributed by atoms with Gasteiger partial charge < -0.3 is 20.1 Å². The third kappa shape index (κ3) is 3.43. The van der Waals surface area contributed by atoms with E-state index in [0.717, 1.165) is 18.8 Å². The van der Waals surface area contributed by atoms with Gasteiger partial charge in [-0.05, 0) is 23.8 Å². The predicted octanol–water partition coefficient (Wildman–Crippen LogP) is 1.68. The van der Waals surface area contributed by atoms with E-state index in [1.165, 1.54) is 6.08 Å². The van der Waals surface area contributed by atoms with Crippen molar-refractivity contribution in [2.45, 2.75) is 0 Å². The largest absolute Gasteiger partial charge is 0.495 e. The first-order chi connectivity index (χ1) is 9.61. The summed E-state index contributed by atoms with van der Waals surface area (Å²) in [7, 11) is 1.61. The Morgan fingerprint density at radius 1 is 1.45 bits per heavy atom. The molecule has 5 nitrogen and oxygen atoms in total. The number of morpholine rings is 1. The fourth-order valence-corrected chi connectivity index (χ4v) is 2.29. The number of hydrogen-bond acceptors (Lipinski definition) is 4. The third-order valence-electron chi connectivity index (χ3n) is 3.08.